The van der Waals surface area contributed by atoms with Crippen LogP contribution in [0.4, 0.5) is 5.69 Å². The van der Waals surface area contributed by atoms with E-state index in [1.807, 2.05) is 36.4 Å². The van der Waals surface area contributed by atoms with Gasteiger partial charge in [-0.1, -0.05) is 24.3 Å². The number of rotatable bonds is 7. The summed E-state index contributed by atoms with van der Waals surface area (Å²) in [5.74, 6) is 0.683. The van der Waals surface area contributed by atoms with E-state index in [2.05, 4.69) is 21.2 Å². The van der Waals surface area contributed by atoms with Crippen LogP contribution in [0.5, 0.6) is 5.75 Å². The summed E-state index contributed by atoms with van der Waals surface area (Å²) >= 11 is 3.17. The number of carbonyl (C=O) groups is 2. The number of likely N-dealkylation sites (N-methyl/N-ethyl adjacent to an activating group) is 1. The second-order valence-electron chi connectivity index (χ2n) is 6.53. The number of hydrogen-bond acceptors (Lipinski definition) is 4. The monoisotopic (exact) mass is 456 g/mol. The molecule has 3 aromatic rings. The number of anilines is 1. The summed E-state index contributed by atoms with van der Waals surface area (Å²) in [7, 11) is 3.40. The van der Waals surface area contributed by atoms with Crippen LogP contribution in [0.2, 0.25) is 0 Å². The molecule has 0 aliphatic heterocycles. The Morgan fingerprint density at radius 1 is 1.00 bits per heavy atom. The largest absolute Gasteiger partial charge is 0.497 e. The van der Waals surface area contributed by atoms with Gasteiger partial charge < -0.3 is 19.4 Å². The molecule has 0 saturated heterocycles. The maximum Gasteiger partial charge on any atom is 0.291 e. The van der Waals surface area contributed by atoms with E-state index in [1.54, 1.807) is 43.3 Å². The molecule has 1 aromatic heterocycles. The number of hydrogen-bond donors (Lipinski definition) is 1. The van der Waals surface area contributed by atoms with E-state index in [0.717, 1.165) is 16.9 Å². The fraction of sp³-hybridized carbons (Fsp3) is 0.182. The zero-order chi connectivity index (χ0) is 20.8. The van der Waals surface area contributed by atoms with E-state index in [4.69, 9.17) is 9.15 Å². The van der Waals surface area contributed by atoms with Crippen LogP contribution >= 0.6 is 15.9 Å². The molecule has 1 heterocycles. The Morgan fingerprint density at radius 3 is 2.24 bits per heavy atom. The summed E-state index contributed by atoms with van der Waals surface area (Å²) < 4.78 is 10.9. The van der Waals surface area contributed by atoms with Crippen molar-refractivity contribution in [3.8, 4) is 5.75 Å². The molecule has 0 aliphatic carbocycles. The average Bonchev–Trinajstić information content (AvgIpc) is 3.16. The first-order valence-corrected chi connectivity index (χ1v) is 9.76. The van der Waals surface area contributed by atoms with Crippen LogP contribution in [0.15, 0.2) is 69.8 Å². The Hall–Kier alpha value is -3.06. The molecule has 0 saturated carbocycles. The van der Waals surface area contributed by atoms with Crippen LogP contribution in [-0.4, -0.2) is 30.9 Å². The van der Waals surface area contributed by atoms with E-state index in [0.29, 0.717) is 16.9 Å². The van der Waals surface area contributed by atoms with Gasteiger partial charge in [-0.15, -0.1) is 0 Å². The van der Waals surface area contributed by atoms with E-state index in [9.17, 15) is 9.59 Å². The Bertz CT molecular complexity index is 981. The van der Waals surface area contributed by atoms with Crippen LogP contribution in [0.25, 0.3) is 0 Å². The number of nitrogens with zero attached hydrogens (tertiary/aromatic N) is 1. The van der Waals surface area contributed by atoms with E-state index in [1.165, 1.54) is 0 Å². The second kappa shape index (κ2) is 9.43. The van der Waals surface area contributed by atoms with Crippen molar-refractivity contribution in [1.82, 2.24) is 4.90 Å². The van der Waals surface area contributed by atoms with Crippen LogP contribution in [0.1, 0.15) is 21.7 Å². The topological polar surface area (TPSA) is 71.8 Å². The Balaban J connectivity index is 1.54. The highest BCUT2D eigenvalue weighted by atomic mass is 79.9. The molecule has 29 heavy (non-hydrogen) atoms. The molecule has 7 heteroatoms. The summed E-state index contributed by atoms with van der Waals surface area (Å²) in [5, 5.41) is 2.76. The minimum atomic E-state index is -0.334. The summed E-state index contributed by atoms with van der Waals surface area (Å²) in [4.78, 5) is 26.3. The predicted molar refractivity (Wildman–Crippen MR) is 114 cm³/mol. The quantitative estimate of drug-likeness (QED) is 0.567. The van der Waals surface area contributed by atoms with Crippen molar-refractivity contribution in [2.24, 2.45) is 0 Å². The van der Waals surface area contributed by atoms with Crippen molar-refractivity contribution >= 4 is 33.4 Å². The highest BCUT2D eigenvalue weighted by Crippen LogP contribution is 2.17. The molecule has 2 aromatic carbocycles. The first-order valence-electron chi connectivity index (χ1n) is 8.97. The van der Waals surface area contributed by atoms with Crippen molar-refractivity contribution in [3.05, 3.63) is 82.2 Å². The normalized spacial score (nSPS) is 10.4. The molecule has 0 unspecified atom stereocenters. The molecular formula is C22H21BrN2O4. The van der Waals surface area contributed by atoms with Gasteiger partial charge in [-0.3, -0.25) is 9.59 Å². The standard InChI is InChI=1S/C22H21BrN2O4/c1-25(14-16-5-9-18(28-2)10-6-16)21(26)13-15-3-7-17(8-4-15)24-22(27)19-11-12-20(23)29-19/h3-12H,13-14H2,1-2H3,(H,24,27). The molecule has 0 atom stereocenters. The van der Waals surface area contributed by atoms with Crippen LogP contribution in [0, 0.1) is 0 Å². The van der Waals surface area contributed by atoms with Gasteiger partial charge in [0, 0.05) is 19.3 Å². The second-order valence-corrected chi connectivity index (χ2v) is 7.31. The number of carbonyl (C=O) groups excluding carboxylic acids is 2. The minimum Gasteiger partial charge on any atom is -0.497 e. The Labute approximate surface area is 177 Å². The summed E-state index contributed by atoms with van der Waals surface area (Å²) in [6.07, 6.45) is 0.284. The molecule has 0 fully saturated rings. The molecule has 0 radical (unpaired) electrons. The lowest BCUT2D eigenvalue weighted by Gasteiger charge is -2.17. The summed E-state index contributed by atoms with van der Waals surface area (Å²) in [6.45, 7) is 0.523. The number of nitrogens with one attached hydrogen (secondary N) is 1. The SMILES string of the molecule is COc1ccc(CN(C)C(=O)Cc2ccc(NC(=O)c3ccc(Br)o3)cc2)cc1. The van der Waals surface area contributed by atoms with Gasteiger partial charge in [-0.05, 0) is 63.5 Å². The van der Waals surface area contributed by atoms with Gasteiger partial charge in [0.25, 0.3) is 5.91 Å². The minimum absolute atomic E-state index is 0.0121. The molecule has 0 spiro atoms. The molecule has 6 nitrogen and oxygen atoms in total. The zero-order valence-corrected chi connectivity index (χ0v) is 17.7. The van der Waals surface area contributed by atoms with Gasteiger partial charge in [0.05, 0.1) is 13.5 Å². The van der Waals surface area contributed by atoms with E-state index < -0.39 is 0 Å². The number of amides is 2. The predicted octanol–water partition coefficient (Wildman–Crippen LogP) is 4.50. The van der Waals surface area contributed by atoms with Gasteiger partial charge in [0.1, 0.15) is 5.75 Å². The van der Waals surface area contributed by atoms with Crippen molar-refractivity contribution in [3.63, 3.8) is 0 Å². The molecule has 3 rings (SSSR count). The molecule has 1 N–H and O–H groups in total. The number of methoxy groups -OCH3 is 1. The molecule has 0 bridgehead atoms. The van der Waals surface area contributed by atoms with E-state index in [-0.39, 0.29) is 24.0 Å². The van der Waals surface area contributed by atoms with Crippen LogP contribution in [-0.2, 0) is 17.8 Å². The highest BCUT2D eigenvalue weighted by Gasteiger charge is 2.12. The van der Waals surface area contributed by atoms with Crippen LogP contribution < -0.4 is 10.1 Å². The molecule has 150 valence electrons. The van der Waals surface area contributed by atoms with Crippen molar-refractivity contribution in [2.75, 3.05) is 19.5 Å². The maximum absolute atomic E-state index is 12.5. The number of ether oxygens (including phenoxy) is 1. The summed E-state index contributed by atoms with van der Waals surface area (Å²) in [5.41, 5.74) is 2.53. The van der Waals surface area contributed by atoms with Gasteiger partial charge in [-0.2, -0.15) is 0 Å². The van der Waals surface area contributed by atoms with Gasteiger partial charge in [0.2, 0.25) is 5.91 Å². The van der Waals surface area contributed by atoms with Crippen LogP contribution in [0.3, 0.4) is 0 Å². The lowest BCUT2D eigenvalue weighted by atomic mass is 10.1. The third-order valence-electron chi connectivity index (χ3n) is 4.37. The number of benzene rings is 2. The lowest BCUT2D eigenvalue weighted by Crippen LogP contribution is -2.27. The fourth-order valence-corrected chi connectivity index (χ4v) is 3.04. The maximum atomic E-state index is 12.5. The smallest absolute Gasteiger partial charge is 0.291 e. The Morgan fingerprint density at radius 2 is 1.66 bits per heavy atom. The number of halogens is 1. The average molecular weight is 457 g/mol. The first-order chi connectivity index (χ1) is 13.9. The van der Waals surface area contributed by atoms with Crippen molar-refractivity contribution in [2.45, 2.75) is 13.0 Å². The Kier molecular flexibility index (Phi) is 6.72. The molecular weight excluding hydrogens is 436 g/mol. The molecule has 0 aliphatic rings. The third kappa shape index (κ3) is 5.71. The van der Waals surface area contributed by atoms with Crippen molar-refractivity contribution in [1.29, 1.82) is 0 Å². The fourth-order valence-electron chi connectivity index (χ4n) is 2.74. The van der Waals surface area contributed by atoms with Crippen molar-refractivity contribution < 1.29 is 18.7 Å². The van der Waals surface area contributed by atoms with Gasteiger partial charge in [-0.25, -0.2) is 0 Å². The third-order valence-corrected chi connectivity index (χ3v) is 4.79. The first kappa shape index (κ1) is 20.7. The van der Waals surface area contributed by atoms with Gasteiger partial charge in [0.15, 0.2) is 10.4 Å². The van der Waals surface area contributed by atoms with E-state index >= 15 is 0 Å². The summed E-state index contributed by atoms with van der Waals surface area (Å²) in [6, 6.07) is 18.1. The lowest BCUT2D eigenvalue weighted by molar-refractivity contribution is -0.129. The zero-order valence-electron chi connectivity index (χ0n) is 16.1. The number of furan rings is 1. The molecule has 2 amide bonds. The van der Waals surface area contributed by atoms with Gasteiger partial charge >= 0.3 is 0 Å². The highest BCUT2D eigenvalue weighted by molar-refractivity contribution is 9.10.